The number of benzene rings is 2. The Hall–Kier alpha value is -3.62. The summed E-state index contributed by atoms with van der Waals surface area (Å²) < 4.78 is 10.9. The van der Waals surface area contributed by atoms with Crippen LogP contribution in [-0.4, -0.2) is 54.0 Å². The van der Waals surface area contributed by atoms with Crippen molar-refractivity contribution in [2.45, 2.75) is 25.8 Å². The van der Waals surface area contributed by atoms with Crippen molar-refractivity contribution in [3.8, 4) is 11.5 Å². The van der Waals surface area contributed by atoms with E-state index in [4.69, 9.17) is 9.47 Å². The molecular weight excluding hydrogens is 402 g/mol. The fraction of sp³-hybridized carbons (Fsp3) is 0.364. The highest BCUT2D eigenvalue weighted by molar-refractivity contribution is 5.97. The van der Waals surface area contributed by atoms with Crippen LogP contribution < -0.4 is 14.8 Å². The molecule has 0 spiro atoms. The Bertz CT molecular complexity index is 923. The molecule has 31 heavy (non-hydrogen) atoms. The zero-order valence-electron chi connectivity index (χ0n) is 17.3. The van der Waals surface area contributed by atoms with Crippen LogP contribution in [0.25, 0.3) is 0 Å². The van der Waals surface area contributed by atoms with E-state index in [2.05, 4.69) is 5.32 Å². The van der Waals surface area contributed by atoms with Crippen molar-refractivity contribution in [3.63, 3.8) is 0 Å². The molecular formula is C22H25N3O6. The number of nitro groups is 1. The predicted molar refractivity (Wildman–Crippen MR) is 113 cm³/mol. The summed E-state index contributed by atoms with van der Waals surface area (Å²) >= 11 is 0. The molecule has 3 rings (SSSR count). The van der Waals surface area contributed by atoms with Gasteiger partial charge in [-0.25, -0.2) is 0 Å². The Balaban J connectivity index is 1.45. The summed E-state index contributed by atoms with van der Waals surface area (Å²) in [6, 6.07) is 12.7. The Morgan fingerprint density at radius 2 is 1.77 bits per heavy atom. The maximum Gasteiger partial charge on any atom is 0.269 e. The number of non-ortho nitro benzene ring substituents is 1. The number of piperidine rings is 1. The molecule has 1 aliphatic heterocycles. The van der Waals surface area contributed by atoms with Crippen LogP contribution in [0, 0.1) is 10.1 Å². The van der Waals surface area contributed by atoms with Crippen molar-refractivity contribution in [1.82, 2.24) is 10.2 Å². The highest BCUT2D eigenvalue weighted by Gasteiger charge is 2.26. The lowest BCUT2D eigenvalue weighted by atomic mass is 10.0. The number of nitrogens with zero attached hydrogens (tertiary/aromatic N) is 2. The minimum Gasteiger partial charge on any atom is -0.493 e. The zero-order valence-corrected chi connectivity index (χ0v) is 17.3. The number of nitrogens with one attached hydrogen (secondary N) is 1. The molecule has 1 saturated heterocycles. The van der Waals surface area contributed by atoms with Gasteiger partial charge in [0.05, 0.1) is 17.1 Å². The lowest BCUT2D eigenvalue weighted by Crippen LogP contribution is -2.47. The van der Waals surface area contributed by atoms with Crippen molar-refractivity contribution >= 4 is 17.5 Å². The van der Waals surface area contributed by atoms with Crippen molar-refractivity contribution in [2.75, 3.05) is 26.3 Å². The Labute approximate surface area is 180 Å². The molecule has 0 radical (unpaired) electrons. The van der Waals surface area contributed by atoms with E-state index in [9.17, 15) is 19.7 Å². The first kappa shape index (κ1) is 22.1. The minimum atomic E-state index is -0.497. The molecule has 2 aromatic rings. The molecule has 0 unspecified atom stereocenters. The van der Waals surface area contributed by atoms with Crippen LogP contribution in [0.2, 0.25) is 0 Å². The molecule has 0 aliphatic carbocycles. The van der Waals surface area contributed by atoms with E-state index in [0.29, 0.717) is 49.6 Å². The number of para-hydroxylation sites is 1. The van der Waals surface area contributed by atoms with Gasteiger partial charge in [0.2, 0.25) is 0 Å². The Morgan fingerprint density at radius 3 is 2.42 bits per heavy atom. The van der Waals surface area contributed by atoms with Crippen molar-refractivity contribution in [2.24, 2.45) is 0 Å². The van der Waals surface area contributed by atoms with Crippen molar-refractivity contribution in [1.29, 1.82) is 0 Å². The fourth-order valence-corrected chi connectivity index (χ4v) is 3.40. The highest BCUT2D eigenvalue weighted by Crippen LogP contribution is 2.22. The topological polar surface area (TPSA) is 111 Å². The van der Waals surface area contributed by atoms with E-state index in [1.165, 1.54) is 24.3 Å². The molecule has 0 saturated carbocycles. The standard InChI is InChI=1S/C22H25N3O6/c1-2-30-20-6-4-3-5-19(20)22(27)24-13-11-16(12-14-24)23-21(26)15-31-18-9-7-17(8-10-18)25(28)29/h3-10,16H,2,11-15H2,1H3,(H,23,26). The minimum absolute atomic E-state index is 0.0398. The second-order valence-corrected chi connectivity index (χ2v) is 7.10. The van der Waals surface area contributed by atoms with Crippen molar-refractivity contribution in [3.05, 3.63) is 64.2 Å². The molecule has 0 atom stereocenters. The number of carbonyl (C=O) groups excluding carboxylic acids is 2. The average molecular weight is 427 g/mol. The number of nitro benzene ring substituents is 1. The van der Waals surface area contributed by atoms with Crippen LogP contribution in [0.1, 0.15) is 30.1 Å². The summed E-state index contributed by atoms with van der Waals surface area (Å²) in [5.74, 6) is 0.614. The number of hydrogen-bond donors (Lipinski definition) is 1. The highest BCUT2D eigenvalue weighted by atomic mass is 16.6. The largest absolute Gasteiger partial charge is 0.493 e. The number of likely N-dealkylation sites (tertiary alicyclic amines) is 1. The number of rotatable bonds is 8. The van der Waals surface area contributed by atoms with Crippen LogP contribution in [0.4, 0.5) is 5.69 Å². The van der Waals surface area contributed by atoms with Crippen LogP contribution >= 0.6 is 0 Å². The molecule has 0 bridgehead atoms. The van der Waals surface area contributed by atoms with E-state index in [-0.39, 0.29) is 30.2 Å². The Morgan fingerprint density at radius 1 is 1.10 bits per heavy atom. The van der Waals surface area contributed by atoms with Gasteiger partial charge in [-0.05, 0) is 44.0 Å². The smallest absolute Gasteiger partial charge is 0.269 e. The van der Waals surface area contributed by atoms with Gasteiger partial charge < -0.3 is 19.7 Å². The summed E-state index contributed by atoms with van der Waals surface area (Å²) in [4.78, 5) is 37.0. The number of carbonyl (C=O) groups is 2. The van der Waals surface area contributed by atoms with Gasteiger partial charge in [-0.3, -0.25) is 19.7 Å². The summed E-state index contributed by atoms with van der Waals surface area (Å²) in [5.41, 5.74) is 0.505. The number of ether oxygens (including phenoxy) is 2. The second kappa shape index (κ2) is 10.4. The SMILES string of the molecule is CCOc1ccccc1C(=O)N1CCC(NC(=O)COc2ccc([N+](=O)[O-])cc2)CC1. The van der Waals surface area contributed by atoms with Gasteiger partial charge >= 0.3 is 0 Å². The zero-order chi connectivity index (χ0) is 22.2. The molecule has 1 heterocycles. The molecule has 1 N–H and O–H groups in total. The first-order valence-corrected chi connectivity index (χ1v) is 10.2. The lowest BCUT2D eigenvalue weighted by molar-refractivity contribution is -0.384. The molecule has 9 heteroatoms. The van der Waals surface area contributed by atoms with E-state index in [1.807, 2.05) is 19.1 Å². The first-order valence-electron chi connectivity index (χ1n) is 10.2. The predicted octanol–water partition coefficient (Wildman–Crippen LogP) is 2.79. The molecule has 1 fully saturated rings. The van der Waals surface area contributed by atoms with Gasteiger partial charge in [-0.15, -0.1) is 0 Å². The third-order valence-corrected chi connectivity index (χ3v) is 4.98. The van der Waals surface area contributed by atoms with E-state index in [0.717, 1.165) is 0 Å². The van der Waals surface area contributed by atoms with Gasteiger partial charge in [-0.1, -0.05) is 12.1 Å². The maximum atomic E-state index is 12.8. The normalized spacial score (nSPS) is 14.0. The van der Waals surface area contributed by atoms with Gasteiger partial charge in [0.1, 0.15) is 11.5 Å². The lowest BCUT2D eigenvalue weighted by Gasteiger charge is -2.32. The molecule has 164 valence electrons. The van der Waals surface area contributed by atoms with Gasteiger partial charge in [-0.2, -0.15) is 0 Å². The summed E-state index contributed by atoms with van der Waals surface area (Å²) in [5, 5.41) is 13.6. The second-order valence-electron chi connectivity index (χ2n) is 7.10. The molecule has 0 aromatic heterocycles. The average Bonchev–Trinajstić information content (AvgIpc) is 2.78. The monoisotopic (exact) mass is 427 g/mol. The third kappa shape index (κ3) is 5.94. The quantitative estimate of drug-likeness (QED) is 0.512. The van der Waals surface area contributed by atoms with Crippen LogP contribution in [0.5, 0.6) is 11.5 Å². The maximum absolute atomic E-state index is 12.8. The number of amides is 2. The fourth-order valence-electron chi connectivity index (χ4n) is 3.40. The van der Waals surface area contributed by atoms with Crippen molar-refractivity contribution < 1.29 is 24.0 Å². The first-order chi connectivity index (χ1) is 15.0. The summed E-state index contributed by atoms with van der Waals surface area (Å²) in [6.07, 6.45) is 1.29. The third-order valence-electron chi connectivity index (χ3n) is 4.98. The molecule has 2 amide bonds. The van der Waals surface area contributed by atoms with E-state index >= 15 is 0 Å². The van der Waals surface area contributed by atoms with Crippen LogP contribution in [-0.2, 0) is 4.79 Å². The number of hydrogen-bond acceptors (Lipinski definition) is 6. The van der Waals surface area contributed by atoms with Crippen LogP contribution in [0.3, 0.4) is 0 Å². The summed E-state index contributed by atoms with van der Waals surface area (Å²) in [7, 11) is 0. The summed E-state index contributed by atoms with van der Waals surface area (Å²) in [6.45, 7) is 3.25. The van der Waals surface area contributed by atoms with Gasteiger partial charge in [0.15, 0.2) is 6.61 Å². The van der Waals surface area contributed by atoms with Gasteiger partial charge in [0, 0.05) is 31.3 Å². The van der Waals surface area contributed by atoms with E-state index < -0.39 is 4.92 Å². The molecule has 1 aliphatic rings. The van der Waals surface area contributed by atoms with Gasteiger partial charge in [0.25, 0.3) is 17.5 Å². The molecule has 9 nitrogen and oxygen atoms in total. The molecule has 2 aromatic carbocycles. The van der Waals surface area contributed by atoms with E-state index in [1.54, 1.807) is 17.0 Å². The van der Waals surface area contributed by atoms with Crippen LogP contribution in [0.15, 0.2) is 48.5 Å². The Kier molecular flexibility index (Phi) is 7.42.